The van der Waals surface area contributed by atoms with Crippen LogP contribution >= 0.6 is 11.3 Å². The number of nitrogens with two attached hydrogens (primary N) is 1. The lowest BCUT2D eigenvalue weighted by atomic mass is 10.0. The number of unbranched alkanes of at least 4 members (excludes halogenated alkanes) is 1. The molecule has 2 N–H and O–H groups in total. The van der Waals surface area contributed by atoms with E-state index in [9.17, 15) is 9.59 Å². The Labute approximate surface area is 148 Å². The number of hydrogen-bond acceptors (Lipinski definition) is 7. The number of methoxy groups -OCH3 is 1. The van der Waals surface area contributed by atoms with Crippen molar-refractivity contribution in [1.29, 1.82) is 0 Å². The topological polar surface area (TPSA) is 99.6 Å². The van der Waals surface area contributed by atoms with Crippen molar-refractivity contribution in [2.75, 3.05) is 12.8 Å². The molecule has 0 saturated heterocycles. The Balaban J connectivity index is 2.06. The highest BCUT2D eigenvalue weighted by molar-refractivity contribution is 7.16. The van der Waals surface area contributed by atoms with E-state index in [2.05, 4.69) is 17.0 Å². The van der Waals surface area contributed by atoms with Gasteiger partial charge in [0.25, 0.3) is 5.56 Å². The van der Waals surface area contributed by atoms with E-state index in [4.69, 9.17) is 10.5 Å². The van der Waals surface area contributed by atoms with Crippen LogP contribution < -0.4 is 11.3 Å². The van der Waals surface area contributed by atoms with E-state index in [0.717, 1.165) is 24.3 Å². The Hall–Kier alpha value is -2.74. The molecule has 3 rings (SSSR count). The molecule has 7 nitrogen and oxygen atoms in total. The van der Waals surface area contributed by atoms with Gasteiger partial charge in [-0.2, -0.15) is 14.6 Å². The molecule has 0 fully saturated rings. The molecule has 0 radical (unpaired) electrons. The molecule has 0 bridgehead atoms. The monoisotopic (exact) mass is 358 g/mol. The fraction of sp³-hybridized carbons (Fsp3) is 0.294. The Bertz CT molecular complexity index is 982. The SMILES string of the molecule is CCCCc1nn2c(N)c(/C=C3\C=CC(=O)C(OC)=C3)c(=O)nc2s1. The quantitative estimate of drug-likeness (QED) is 0.879. The second-order valence-corrected chi connectivity index (χ2v) is 6.60. The van der Waals surface area contributed by atoms with Crippen LogP contribution in [0.15, 0.2) is 34.4 Å². The highest BCUT2D eigenvalue weighted by atomic mass is 32.1. The summed E-state index contributed by atoms with van der Waals surface area (Å²) in [6.07, 6.45) is 9.05. The number of fused-ring (bicyclic) bond motifs is 1. The molecule has 0 atom stereocenters. The first-order chi connectivity index (χ1) is 12.0. The molecule has 0 saturated carbocycles. The number of rotatable bonds is 5. The lowest BCUT2D eigenvalue weighted by Crippen LogP contribution is -2.17. The van der Waals surface area contributed by atoms with Gasteiger partial charge < -0.3 is 10.5 Å². The minimum Gasteiger partial charge on any atom is -0.493 e. The number of ether oxygens (including phenoxy) is 1. The van der Waals surface area contributed by atoms with Crippen molar-refractivity contribution in [3.05, 3.63) is 50.5 Å². The first-order valence-corrected chi connectivity index (χ1v) is 8.73. The van der Waals surface area contributed by atoms with Gasteiger partial charge in [0.1, 0.15) is 10.8 Å². The number of anilines is 1. The fourth-order valence-electron chi connectivity index (χ4n) is 2.43. The predicted molar refractivity (Wildman–Crippen MR) is 97.4 cm³/mol. The number of ketones is 1. The van der Waals surface area contributed by atoms with E-state index < -0.39 is 5.56 Å². The van der Waals surface area contributed by atoms with E-state index >= 15 is 0 Å². The van der Waals surface area contributed by atoms with E-state index in [-0.39, 0.29) is 22.9 Å². The number of aromatic nitrogens is 3. The molecular formula is C17H18N4O3S. The van der Waals surface area contributed by atoms with Crippen LogP contribution in [-0.2, 0) is 16.0 Å². The van der Waals surface area contributed by atoms with Crippen LogP contribution in [0.3, 0.4) is 0 Å². The summed E-state index contributed by atoms with van der Waals surface area (Å²) < 4.78 is 6.52. The van der Waals surface area contributed by atoms with Crippen LogP contribution in [0.2, 0.25) is 0 Å². The molecule has 1 aliphatic rings. The lowest BCUT2D eigenvalue weighted by molar-refractivity contribution is -0.114. The summed E-state index contributed by atoms with van der Waals surface area (Å²) in [6.45, 7) is 2.11. The highest BCUT2D eigenvalue weighted by Gasteiger charge is 2.15. The molecule has 2 aromatic rings. The van der Waals surface area contributed by atoms with E-state index in [1.807, 2.05) is 0 Å². The summed E-state index contributed by atoms with van der Waals surface area (Å²) in [6, 6.07) is 0. The molecule has 25 heavy (non-hydrogen) atoms. The maximum atomic E-state index is 12.4. The van der Waals surface area contributed by atoms with Crippen molar-refractivity contribution in [2.45, 2.75) is 26.2 Å². The van der Waals surface area contributed by atoms with Gasteiger partial charge in [-0.25, -0.2) is 0 Å². The Kier molecular flexibility index (Phi) is 4.80. The number of allylic oxidation sites excluding steroid dienone is 4. The standard InChI is InChI=1S/C17H18N4O3S/c1-3-4-5-14-20-21-15(18)11(16(23)19-17(21)25-14)8-10-6-7-12(22)13(9-10)24-2/h6-9H,3-5,18H2,1-2H3/b10-8+. The second kappa shape index (κ2) is 7.02. The van der Waals surface area contributed by atoms with Crippen LogP contribution in [-0.4, -0.2) is 27.5 Å². The van der Waals surface area contributed by atoms with Gasteiger partial charge in [0.2, 0.25) is 10.7 Å². The molecular weight excluding hydrogens is 340 g/mol. The third kappa shape index (κ3) is 3.39. The highest BCUT2D eigenvalue weighted by Crippen LogP contribution is 2.21. The van der Waals surface area contributed by atoms with Crippen LogP contribution in [0.1, 0.15) is 30.3 Å². The first-order valence-electron chi connectivity index (χ1n) is 7.91. The number of carbonyl (C=O) groups is 1. The number of carbonyl (C=O) groups excluding carboxylic acids is 1. The van der Waals surface area contributed by atoms with Crippen LogP contribution in [0.25, 0.3) is 11.0 Å². The zero-order chi connectivity index (χ0) is 18.0. The summed E-state index contributed by atoms with van der Waals surface area (Å²) in [7, 11) is 1.42. The summed E-state index contributed by atoms with van der Waals surface area (Å²) in [4.78, 5) is 28.5. The van der Waals surface area contributed by atoms with Crippen LogP contribution in [0.4, 0.5) is 5.82 Å². The van der Waals surface area contributed by atoms with Gasteiger partial charge in [0, 0.05) is 6.42 Å². The van der Waals surface area contributed by atoms with E-state index in [0.29, 0.717) is 10.5 Å². The summed E-state index contributed by atoms with van der Waals surface area (Å²) in [5.41, 5.74) is 6.60. The number of nitrogen functional groups attached to an aromatic ring is 1. The first kappa shape index (κ1) is 17.1. The third-order valence-electron chi connectivity index (χ3n) is 3.78. The van der Waals surface area contributed by atoms with Crippen LogP contribution in [0, 0.1) is 0 Å². The van der Waals surface area contributed by atoms with E-state index in [1.165, 1.54) is 29.0 Å². The summed E-state index contributed by atoms with van der Waals surface area (Å²) >= 11 is 1.37. The fourth-order valence-corrected chi connectivity index (χ4v) is 3.36. The third-order valence-corrected chi connectivity index (χ3v) is 4.74. The Morgan fingerprint density at radius 1 is 1.36 bits per heavy atom. The molecule has 1 aliphatic carbocycles. The second-order valence-electron chi connectivity index (χ2n) is 5.56. The normalized spacial score (nSPS) is 15.8. The smallest absolute Gasteiger partial charge is 0.283 e. The maximum Gasteiger partial charge on any atom is 0.283 e. The number of nitrogens with zero attached hydrogens (tertiary/aromatic N) is 3. The number of hydrogen-bond donors (Lipinski definition) is 1. The van der Waals surface area contributed by atoms with Crippen molar-refractivity contribution in [3.8, 4) is 0 Å². The van der Waals surface area contributed by atoms with Gasteiger partial charge in [0.05, 0.1) is 12.7 Å². The largest absolute Gasteiger partial charge is 0.493 e. The molecule has 0 amide bonds. The van der Waals surface area contributed by atoms with Crippen molar-refractivity contribution in [2.24, 2.45) is 0 Å². The van der Waals surface area contributed by atoms with Crippen molar-refractivity contribution < 1.29 is 9.53 Å². The number of aryl methyl sites for hydroxylation is 1. The molecule has 8 heteroatoms. The molecule has 130 valence electrons. The average molecular weight is 358 g/mol. The molecule has 2 aromatic heterocycles. The van der Waals surface area contributed by atoms with Gasteiger partial charge in [-0.05, 0) is 30.2 Å². The Morgan fingerprint density at radius 2 is 2.16 bits per heavy atom. The molecule has 0 aromatic carbocycles. The predicted octanol–water partition coefficient (Wildman–Crippen LogP) is 2.13. The van der Waals surface area contributed by atoms with Crippen molar-refractivity contribution in [1.82, 2.24) is 14.6 Å². The van der Waals surface area contributed by atoms with Gasteiger partial charge in [0.15, 0.2) is 5.76 Å². The summed E-state index contributed by atoms with van der Waals surface area (Å²) in [5, 5.41) is 5.35. The van der Waals surface area contributed by atoms with Gasteiger partial charge in [-0.3, -0.25) is 9.59 Å². The van der Waals surface area contributed by atoms with Gasteiger partial charge in [-0.15, -0.1) is 0 Å². The van der Waals surface area contributed by atoms with Gasteiger partial charge in [-0.1, -0.05) is 30.8 Å². The zero-order valence-corrected chi connectivity index (χ0v) is 14.8. The lowest BCUT2D eigenvalue weighted by Gasteiger charge is -2.08. The Morgan fingerprint density at radius 3 is 2.88 bits per heavy atom. The summed E-state index contributed by atoms with van der Waals surface area (Å²) in [5.74, 6) is 0.217. The minimum atomic E-state index is -0.423. The zero-order valence-electron chi connectivity index (χ0n) is 14.0. The average Bonchev–Trinajstić information content (AvgIpc) is 3.01. The molecule has 2 heterocycles. The molecule has 0 spiro atoms. The van der Waals surface area contributed by atoms with Gasteiger partial charge >= 0.3 is 0 Å². The van der Waals surface area contributed by atoms with Crippen molar-refractivity contribution >= 4 is 34.0 Å². The van der Waals surface area contributed by atoms with Crippen LogP contribution in [0.5, 0.6) is 0 Å². The van der Waals surface area contributed by atoms with E-state index in [1.54, 1.807) is 18.2 Å². The maximum absolute atomic E-state index is 12.4. The van der Waals surface area contributed by atoms with Crippen molar-refractivity contribution in [3.63, 3.8) is 0 Å². The minimum absolute atomic E-state index is 0.206. The molecule has 0 unspecified atom stereocenters. The molecule has 0 aliphatic heterocycles.